The average molecular weight is 445 g/mol. The van der Waals surface area contributed by atoms with E-state index in [2.05, 4.69) is 5.32 Å². The molecule has 2 amide bonds. The fourth-order valence-electron chi connectivity index (χ4n) is 3.88. The van der Waals surface area contributed by atoms with E-state index in [4.69, 9.17) is 9.84 Å². The summed E-state index contributed by atoms with van der Waals surface area (Å²) in [5.41, 5.74) is 3.61. The number of piperidine rings is 1. The number of ether oxygens (including phenoxy) is 1. The van der Waals surface area contributed by atoms with Gasteiger partial charge in [0.1, 0.15) is 0 Å². The lowest BCUT2D eigenvalue weighted by Gasteiger charge is -2.31. The summed E-state index contributed by atoms with van der Waals surface area (Å²) in [5.74, 6) is -0.156. The lowest BCUT2D eigenvalue weighted by molar-refractivity contribution is -0.117. The second-order valence-corrected chi connectivity index (χ2v) is 7.88. The van der Waals surface area contributed by atoms with Crippen molar-refractivity contribution in [3.8, 4) is 16.9 Å². The van der Waals surface area contributed by atoms with Crippen LogP contribution < -0.4 is 5.32 Å². The molecule has 1 aliphatic heterocycles. The number of amides is 2. The fraction of sp³-hybridized carbons (Fsp3) is 0.269. The van der Waals surface area contributed by atoms with Crippen LogP contribution in [0.5, 0.6) is 0 Å². The molecule has 0 spiro atoms. The second kappa shape index (κ2) is 10.6. The number of hydrogen-bond acceptors (Lipinski definition) is 4. The average Bonchev–Trinajstić information content (AvgIpc) is 3.29. The van der Waals surface area contributed by atoms with Gasteiger partial charge in [0.15, 0.2) is 0 Å². The molecule has 1 saturated heterocycles. The topological polar surface area (TPSA) is 76.5 Å². The van der Waals surface area contributed by atoms with Crippen molar-refractivity contribution in [1.82, 2.24) is 20.0 Å². The molecule has 7 nitrogen and oxygen atoms in total. The number of likely N-dealkylation sites (tertiary alicyclic amines) is 1. The summed E-state index contributed by atoms with van der Waals surface area (Å²) in [6.45, 7) is 3.32. The van der Waals surface area contributed by atoms with Gasteiger partial charge in [0.25, 0.3) is 0 Å². The van der Waals surface area contributed by atoms with Gasteiger partial charge >= 0.3 is 6.09 Å². The van der Waals surface area contributed by atoms with Gasteiger partial charge in [0, 0.05) is 42.5 Å². The van der Waals surface area contributed by atoms with E-state index in [1.807, 2.05) is 71.5 Å². The molecule has 1 fully saturated rings. The molecule has 0 saturated carbocycles. The standard InChI is InChI=1S/C26H28N4O3/c1-2-33-26(32)29-17-15-22(16-18-29)27-24(31)14-13-21-19-30(23-11-7-4-8-12-23)28-25(21)20-9-5-3-6-10-20/h3-14,19,22H,2,15-18H2,1H3,(H,27,31). The summed E-state index contributed by atoms with van der Waals surface area (Å²) < 4.78 is 6.87. The SMILES string of the molecule is CCOC(=O)N1CCC(NC(=O)C=Cc2cn(-c3ccccc3)nc2-c2ccccc2)CC1. The molecule has 0 bridgehead atoms. The number of benzene rings is 2. The minimum absolute atomic E-state index is 0.0356. The highest BCUT2D eigenvalue weighted by Crippen LogP contribution is 2.24. The van der Waals surface area contributed by atoms with E-state index in [-0.39, 0.29) is 18.0 Å². The molecule has 4 rings (SSSR count). The summed E-state index contributed by atoms with van der Waals surface area (Å²) in [6.07, 6.45) is 6.42. The van der Waals surface area contributed by atoms with E-state index in [0.29, 0.717) is 32.5 Å². The predicted octanol–water partition coefficient (Wildman–Crippen LogP) is 4.29. The second-order valence-electron chi connectivity index (χ2n) is 7.88. The smallest absolute Gasteiger partial charge is 0.409 e. The van der Waals surface area contributed by atoms with Crippen molar-refractivity contribution >= 4 is 18.1 Å². The van der Waals surface area contributed by atoms with Crippen LogP contribution in [0.25, 0.3) is 23.0 Å². The first kappa shape index (κ1) is 22.3. The maximum atomic E-state index is 12.6. The quantitative estimate of drug-likeness (QED) is 0.576. The zero-order valence-corrected chi connectivity index (χ0v) is 18.7. The Kier molecular flexibility index (Phi) is 7.19. The first-order valence-corrected chi connectivity index (χ1v) is 11.2. The molecule has 33 heavy (non-hydrogen) atoms. The Morgan fingerprint density at radius 2 is 1.73 bits per heavy atom. The van der Waals surface area contributed by atoms with Crippen molar-refractivity contribution in [1.29, 1.82) is 0 Å². The van der Waals surface area contributed by atoms with Gasteiger partial charge in [0.2, 0.25) is 5.91 Å². The van der Waals surface area contributed by atoms with Gasteiger partial charge in [-0.3, -0.25) is 4.79 Å². The summed E-state index contributed by atoms with van der Waals surface area (Å²) in [5, 5.41) is 7.82. The molecular weight excluding hydrogens is 416 g/mol. The summed E-state index contributed by atoms with van der Waals surface area (Å²) in [6, 6.07) is 19.8. The van der Waals surface area contributed by atoms with Crippen molar-refractivity contribution in [2.75, 3.05) is 19.7 Å². The molecule has 3 aromatic rings. The number of aromatic nitrogens is 2. The van der Waals surface area contributed by atoms with E-state index in [1.165, 1.54) is 0 Å². The Bertz CT molecular complexity index is 1100. The molecule has 2 heterocycles. The lowest BCUT2D eigenvalue weighted by Crippen LogP contribution is -2.46. The van der Waals surface area contributed by atoms with Crippen LogP contribution in [-0.4, -0.2) is 52.4 Å². The van der Waals surface area contributed by atoms with Gasteiger partial charge in [-0.05, 0) is 38.0 Å². The largest absolute Gasteiger partial charge is 0.450 e. The van der Waals surface area contributed by atoms with Crippen molar-refractivity contribution in [3.05, 3.63) is 78.5 Å². The Morgan fingerprint density at radius 1 is 1.06 bits per heavy atom. The third-order valence-electron chi connectivity index (χ3n) is 5.59. The minimum atomic E-state index is -0.286. The third kappa shape index (κ3) is 5.68. The lowest BCUT2D eigenvalue weighted by atomic mass is 10.1. The molecule has 1 aromatic heterocycles. The summed E-state index contributed by atoms with van der Waals surface area (Å²) >= 11 is 0. The van der Waals surface area contributed by atoms with Gasteiger partial charge in [-0.25, -0.2) is 9.48 Å². The number of carbonyl (C=O) groups is 2. The molecule has 0 radical (unpaired) electrons. The van der Waals surface area contributed by atoms with Crippen molar-refractivity contribution < 1.29 is 14.3 Å². The first-order valence-electron chi connectivity index (χ1n) is 11.2. The molecule has 0 aliphatic carbocycles. The number of nitrogens with zero attached hydrogens (tertiary/aromatic N) is 3. The number of rotatable bonds is 6. The van der Waals surface area contributed by atoms with Gasteiger partial charge in [-0.2, -0.15) is 5.10 Å². The van der Waals surface area contributed by atoms with Crippen LogP contribution >= 0.6 is 0 Å². The molecule has 0 unspecified atom stereocenters. The Morgan fingerprint density at radius 3 is 2.39 bits per heavy atom. The molecular formula is C26H28N4O3. The van der Waals surface area contributed by atoms with E-state index in [0.717, 1.165) is 22.5 Å². The maximum absolute atomic E-state index is 12.6. The molecule has 0 atom stereocenters. The van der Waals surface area contributed by atoms with Crippen LogP contribution in [0.4, 0.5) is 4.79 Å². The predicted molar refractivity (Wildman–Crippen MR) is 128 cm³/mol. The monoisotopic (exact) mass is 444 g/mol. The van der Waals surface area contributed by atoms with Crippen LogP contribution in [0.2, 0.25) is 0 Å². The number of nitrogens with one attached hydrogen (secondary N) is 1. The van der Waals surface area contributed by atoms with Gasteiger partial charge in [-0.15, -0.1) is 0 Å². The van der Waals surface area contributed by atoms with Gasteiger partial charge < -0.3 is 15.0 Å². The molecule has 1 aliphatic rings. The fourth-order valence-corrected chi connectivity index (χ4v) is 3.88. The van der Waals surface area contributed by atoms with E-state index < -0.39 is 0 Å². The molecule has 2 aromatic carbocycles. The van der Waals surface area contributed by atoms with Crippen LogP contribution in [0.3, 0.4) is 0 Å². The summed E-state index contributed by atoms with van der Waals surface area (Å²) in [4.78, 5) is 26.1. The van der Waals surface area contributed by atoms with Crippen LogP contribution in [-0.2, 0) is 9.53 Å². The van der Waals surface area contributed by atoms with Crippen molar-refractivity contribution in [3.63, 3.8) is 0 Å². The zero-order valence-electron chi connectivity index (χ0n) is 18.7. The van der Waals surface area contributed by atoms with Crippen molar-refractivity contribution in [2.45, 2.75) is 25.8 Å². The highest BCUT2D eigenvalue weighted by atomic mass is 16.6. The Hall–Kier alpha value is -3.87. The molecule has 170 valence electrons. The molecule has 7 heteroatoms. The number of hydrogen-bond donors (Lipinski definition) is 1. The summed E-state index contributed by atoms with van der Waals surface area (Å²) in [7, 11) is 0. The third-order valence-corrected chi connectivity index (χ3v) is 5.59. The van der Waals surface area contributed by atoms with E-state index in [1.54, 1.807) is 24.0 Å². The highest BCUT2D eigenvalue weighted by Gasteiger charge is 2.24. The van der Waals surface area contributed by atoms with Gasteiger partial charge in [-0.1, -0.05) is 48.5 Å². The Labute approximate surface area is 193 Å². The van der Waals surface area contributed by atoms with Crippen LogP contribution in [0, 0.1) is 0 Å². The first-order chi connectivity index (χ1) is 16.1. The van der Waals surface area contributed by atoms with E-state index >= 15 is 0 Å². The van der Waals surface area contributed by atoms with Crippen molar-refractivity contribution in [2.24, 2.45) is 0 Å². The van der Waals surface area contributed by atoms with Crippen LogP contribution in [0.15, 0.2) is 72.9 Å². The highest BCUT2D eigenvalue weighted by molar-refractivity contribution is 5.93. The van der Waals surface area contributed by atoms with Gasteiger partial charge in [0.05, 0.1) is 18.0 Å². The Balaban J connectivity index is 1.44. The minimum Gasteiger partial charge on any atom is -0.450 e. The molecule has 1 N–H and O–H groups in total. The number of para-hydroxylation sites is 1. The number of carbonyl (C=O) groups excluding carboxylic acids is 2. The van der Waals surface area contributed by atoms with Crippen LogP contribution in [0.1, 0.15) is 25.3 Å². The normalized spacial score (nSPS) is 14.4. The maximum Gasteiger partial charge on any atom is 0.409 e. The van der Waals surface area contributed by atoms with E-state index in [9.17, 15) is 9.59 Å². The zero-order chi connectivity index (χ0) is 23.0.